The van der Waals surface area contributed by atoms with Crippen molar-refractivity contribution in [3.05, 3.63) is 34.3 Å². The predicted molar refractivity (Wildman–Crippen MR) is 102 cm³/mol. The topological polar surface area (TPSA) is 84.0 Å². The van der Waals surface area contributed by atoms with Crippen molar-refractivity contribution in [3.8, 4) is 0 Å². The van der Waals surface area contributed by atoms with E-state index >= 15 is 0 Å². The highest BCUT2D eigenvalue weighted by Crippen LogP contribution is 2.35. The maximum Gasteiger partial charge on any atom is 0.257 e. The SMILES string of the molecule is O=C1CCCc2cc(C(=O)Nc3nnc(C4CCCCC4)s3)ccc2N1. The van der Waals surface area contributed by atoms with Crippen LogP contribution in [0.1, 0.15) is 71.8 Å². The number of aryl methyl sites for hydroxylation is 1. The Hall–Kier alpha value is -2.28. The Bertz CT molecular complexity index is 827. The summed E-state index contributed by atoms with van der Waals surface area (Å²) in [7, 11) is 0. The molecule has 1 aromatic carbocycles. The van der Waals surface area contributed by atoms with Crippen molar-refractivity contribution in [1.82, 2.24) is 10.2 Å². The number of hydrogen-bond donors (Lipinski definition) is 2. The zero-order valence-electron chi connectivity index (χ0n) is 14.6. The van der Waals surface area contributed by atoms with Crippen LogP contribution in [0.2, 0.25) is 0 Å². The Morgan fingerprint density at radius 1 is 1.12 bits per heavy atom. The molecule has 0 atom stereocenters. The lowest BCUT2D eigenvalue weighted by atomic mass is 9.90. The van der Waals surface area contributed by atoms with Crippen molar-refractivity contribution >= 4 is 34.0 Å². The van der Waals surface area contributed by atoms with Crippen LogP contribution in [0, 0.1) is 0 Å². The smallest absolute Gasteiger partial charge is 0.257 e. The molecule has 7 heteroatoms. The van der Waals surface area contributed by atoms with Crippen LogP contribution in [0.15, 0.2) is 18.2 Å². The summed E-state index contributed by atoms with van der Waals surface area (Å²) in [6, 6.07) is 5.41. The van der Waals surface area contributed by atoms with E-state index in [9.17, 15) is 9.59 Å². The van der Waals surface area contributed by atoms with Crippen molar-refractivity contribution in [3.63, 3.8) is 0 Å². The fourth-order valence-electron chi connectivity index (χ4n) is 3.68. The normalized spacial score (nSPS) is 17.9. The van der Waals surface area contributed by atoms with Gasteiger partial charge in [0.15, 0.2) is 0 Å². The lowest BCUT2D eigenvalue weighted by Crippen LogP contribution is -2.13. The first kappa shape index (κ1) is 17.1. The number of hydrogen-bond acceptors (Lipinski definition) is 5. The van der Waals surface area contributed by atoms with Gasteiger partial charge in [-0.05, 0) is 49.4 Å². The van der Waals surface area contributed by atoms with Crippen molar-refractivity contribution in [2.45, 2.75) is 57.3 Å². The second-order valence-corrected chi connectivity index (χ2v) is 8.02. The molecule has 0 unspecified atom stereocenters. The number of fused-ring (bicyclic) bond motifs is 1. The molecule has 1 saturated carbocycles. The standard InChI is InChI=1S/C19H22N4O2S/c24-16-8-4-7-13-11-14(9-10-15(13)20-16)17(25)21-19-23-22-18(26-19)12-5-2-1-3-6-12/h9-12H,1-8H2,(H,20,24)(H,21,23,25). The Labute approximate surface area is 156 Å². The van der Waals surface area contributed by atoms with Crippen LogP contribution < -0.4 is 10.6 Å². The summed E-state index contributed by atoms with van der Waals surface area (Å²) < 4.78 is 0. The van der Waals surface area contributed by atoms with Gasteiger partial charge in [-0.1, -0.05) is 30.6 Å². The Morgan fingerprint density at radius 3 is 2.81 bits per heavy atom. The van der Waals surface area contributed by atoms with E-state index < -0.39 is 0 Å². The Balaban J connectivity index is 1.46. The van der Waals surface area contributed by atoms with Crippen LogP contribution in [0.25, 0.3) is 0 Å². The molecule has 1 fully saturated rings. The highest BCUT2D eigenvalue weighted by atomic mass is 32.1. The number of aromatic nitrogens is 2. The second-order valence-electron chi connectivity index (χ2n) is 7.01. The van der Waals surface area contributed by atoms with E-state index in [-0.39, 0.29) is 11.8 Å². The minimum atomic E-state index is -0.185. The molecule has 0 bridgehead atoms. The molecule has 2 aliphatic rings. The van der Waals surface area contributed by atoms with Crippen molar-refractivity contribution in [1.29, 1.82) is 0 Å². The Morgan fingerprint density at radius 2 is 1.96 bits per heavy atom. The van der Waals surface area contributed by atoms with Crippen LogP contribution in [-0.4, -0.2) is 22.0 Å². The lowest BCUT2D eigenvalue weighted by Gasteiger charge is -2.18. The minimum absolute atomic E-state index is 0.0325. The molecule has 0 saturated heterocycles. The van der Waals surface area contributed by atoms with E-state index in [1.807, 2.05) is 6.07 Å². The number of carbonyl (C=O) groups excluding carboxylic acids is 2. The summed E-state index contributed by atoms with van der Waals surface area (Å²) in [6.07, 6.45) is 8.24. The van der Waals surface area contributed by atoms with Crippen LogP contribution in [0.5, 0.6) is 0 Å². The molecule has 1 aromatic heterocycles. The van der Waals surface area contributed by atoms with Crippen LogP contribution in [0.3, 0.4) is 0 Å². The number of rotatable bonds is 3. The summed E-state index contributed by atoms with van der Waals surface area (Å²) in [4.78, 5) is 24.2. The third-order valence-electron chi connectivity index (χ3n) is 5.11. The molecule has 6 nitrogen and oxygen atoms in total. The molecule has 2 amide bonds. The van der Waals surface area contributed by atoms with E-state index in [2.05, 4.69) is 20.8 Å². The molecule has 1 aliphatic heterocycles. The van der Waals surface area contributed by atoms with Gasteiger partial charge in [0.2, 0.25) is 11.0 Å². The summed E-state index contributed by atoms with van der Waals surface area (Å²) in [5.74, 6) is 0.336. The molecule has 2 aromatic rings. The number of amides is 2. The molecule has 0 radical (unpaired) electrons. The summed E-state index contributed by atoms with van der Waals surface area (Å²) >= 11 is 1.48. The van der Waals surface area contributed by atoms with Gasteiger partial charge in [-0.15, -0.1) is 10.2 Å². The molecule has 2 N–H and O–H groups in total. The predicted octanol–water partition coefficient (Wildman–Crippen LogP) is 4.11. The third kappa shape index (κ3) is 3.77. The lowest BCUT2D eigenvalue weighted by molar-refractivity contribution is -0.116. The van der Waals surface area contributed by atoms with Crippen molar-refractivity contribution in [2.24, 2.45) is 0 Å². The molecular formula is C19H22N4O2S. The quantitative estimate of drug-likeness (QED) is 0.851. The summed E-state index contributed by atoms with van der Waals surface area (Å²) in [5, 5.41) is 15.8. The van der Waals surface area contributed by atoms with Gasteiger partial charge in [0, 0.05) is 23.6 Å². The zero-order chi connectivity index (χ0) is 17.9. The highest BCUT2D eigenvalue weighted by molar-refractivity contribution is 7.15. The largest absolute Gasteiger partial charge is 0.326 e. The van der Waals surface area contributed by atoms with Gasteiger partial charge in [0.05, 0.1) is 0 Å². The maximum absolute atomic E-state index is 12.6. The Kier molecular flexibility index (Phi) is 4.97. The van der Waals surface area contributed by atoms with E-state index in [1.54, 1.807) is 12.1 Å². The van der Waals surface area contributed by atoms with Gasteiger partial charge >= 0.3 is 0 Å². The highest BCUT2D eigenvalue weighted by Gasteiger charge is 2.21. The molecule has 1 aliphatic carbocycles. The monoisotopic (exact) mass is 370 g/mol. The molecular weight excluding hydrogens is 348 g/mol. The van der Waals surface area contributed by atoms with Crippen LogP contribution >= 0.6 is 11.3 Å². The number of nitrogens with one attached hydrogen (secondary N) is 2. The van der Waals surface area contributed by atoms with Gasteiger partial charge in [0.1, 0.15) is 5.01 Å². The first-order valence-electron chi connectivity index (χ1n) is 9.26. The molecule has 4 rings (SSSR count). The number of carbonyl (C=O) groups is 2. The third-order valence-corrected chi connectivity index (χ3v) is 6.11. The van der Waals surface area contributed by atoms with Crippen LogP contribution in [0.4, 0.5) is 10.8 Å². The van der Waals surface area contributed by atoms with Crippen LogP contribution in [-0.2, 0) is 11.2 Å². The van der Waals surface area contributed by atoms with Crippen molar-refractivity contribution < 1.29 is 9.59 Å². The van der Waals surface area contributed by atoms with Gasteiger partial charge in [0.25, 0.3) is 5.91 Å². The first-order valence-corrected chi connectivity index (χ1v) is 10.1. The minimum Gasteiger partial charge on any atom is -0.326 e. The van der Waals surface area contributed by atoms with E-state index in [1.165, 1.54) is 43.4 Å². The molecule has 2 heterocycles. The number of nitrogens with zero attached hydrogens (tertiary/aromatic N) is 2. The number of benzene rings is 1. The van der Waals surface area contributed by atoms with E-state index in [0.29, 0.717) is 23.0 Å². The molecule has 26 heavy (non-hydrogen) atoms. The molecule has 0 spiro atoms. The maximum atomic E-state index is 12.6. The molecule has 136 valence electrons. The fraction of sp³-hybridized carbons (Fsp3) is 0.474. The number of anilines is 2. The van der Waals surface area contributed by atoms with E-state index in [0.717, 1.165) is 29.1 Å². The van der Waals surface area contributed by atoms with Crippen molar-refractivity contribution in [2.75, 3.05) is 10.6 Å². The second kappa shape index (κ2) is 7.53. The summed E-state index contributed by atoms with van der Waals surface area (Å²) in [5.41, 5.74) is 2.39. The van der Waals surface area contributed by atoms with E-state index in [4.69, 9.17) is 0 Å². The average molecular weight is 370 g/mol. The zero-order valence-corrected chi connectivity index (χ0v) is 15.4. The summed E-state index contributed by atoms with van der Waals surface area (Å²) in [6.45, 7) is 0. The fourth-order valence-corrected chi connectivity index (χ4v) is 4.59. The van der Waals surface area contributed by atoms with Gasteiger partial charge in [-0.25, -0.2) is 0 Å². The van der Waals surface area contributed by atoms with Gasteiger partial charge in [-0.2, -0.15) is 0 Å². The average Bonchev–Trinajstić information content (AvgIpc) is 3.03. The first-order chi connectivity index (χ1) is 12.7. The van der Waals surface area contributed by atoms with Gasteiger partial charge in [-0.3, -0.25) is 14.9 Å². The van der Waals surface area contributed by atoms with Gasteiger partial charge < -0.3 is 5.32 Å².